The van der Waals surface area contributed by atoms with Crippen LogP contribution in [-0.4, -0.2) is 31.3 Å². The molecule has 1 aromatic rings. The summed E-state index contributed by atoms with van der Waals surface area (Å²) in [6.45, 7) is 5.28. The molecule has 0 bridgehead atoms. The highest BCUT2D eigenvalue weighted by atomic mass is 19.1. The second kappa shape index (κ2) is 7.03. The fourth-order valence-corrected chi connectivity index (χ4v) is 1.98. The summed E-state index contributed by atoms with van der Waals surface area (Å²) >= 11 is 0. The lowest BCUT2D eigenvalue weighted by Gasteiger charge is -2.23. The van der Waals surface area contributed by atoms with Gasteiger partial charge in [-0.3, -0.25) is 9.59 Å². The Morgan fingerprint density at radius 1 is 1.35 bits per heavy atom. The summed E-state index contributed by atoms with van der Waals surface area (Å²) in [5.41, 5.74) is 0.615. The average Bonchev–Trinajstić information content (AvgIpc) is 2.35. The molecule has 1 amide bonds. The summed E-state index contributed by atoms with van der Waals surface area (Å²) in [5.74, 6) is -0.637. The van der Waals surface area contributed by atoms with Crippen LogP contribution in [0.4, 0.5) is 10.1 Å². The molecule has 0 saturated carbocycles. The zero-order valence-corrected chi connectivity index (χ0v) is 12.3. The van der Waals surface area contributed by atoms with Crippen molar-refractivity contribution in [3.05, 3.63) is 30.1 Å². The Bertz CT molecular complexity index is 489. The normalized spacial score (nSPS) is 12.1. The number of amides is 1. The van der Waals surface area contributed by atoms with Crippen LogP contribution in [0.1, 0.15) is 20.8 Å². The Balaban J connectivity index is 2.64. The van der Waals surface area contributed by atoms with Gasteiger partial charge < -0.3 is 10.2 Å². The van der Waals surface area contributed by atoms with Crippen molar-refractivity contribution in [1.82, 2.24) is 5.32 Å². The molecular weight excluding hydrogens is 259 g/mol. The molecule has 0 radical (unpaired) electrons. The summed E-state index contributed by atoms with van der Waals surface area (Å²) in [4.78, 5) is 25.0. The summed E-state index contributed by atoms with van der Waals surface area (Å²) in [5, 5.41) is 2.71. The molecule has 5 heteroatoms. The van der Waals surface area contributed by atoms with Gasteiger partial charge in [-0.05, 0) is 31.0 Å². The Hall–Kier alpha value is -1.91. The minimum atomic E-state index is -0.483. The second-order valence-corrected chi connectivity index (χ2v) is 5.24. The number of Topliss-reactive ketones (excluding diaryl/α,β-unsaturated/α-hetero) is 1. The van der Waals surface area contributed by atoms with E-state index in [0.29, 0.717) is 5.69 Å². The maximum Gasteiger partial charge on any atom is 0.240 e. The number of hydrogen-bond acceptors (Lipinski definition) is 3. The predicted octanol–water partition coefficient (Wildman–Crippen LogP) is 1.99. The minimum Gasteiger partial charge on any atom is -0.365 e. The van der Waals surface area contributed by atoms with E-state index >= 15 is 0 Å². The standard InChI is InChI=1S/C15H21FN2O2/c1-10(2)15(11(3)19)17-14(20)9-18(4)13-7-5-6-12(16)8-13/h5-8,10,15H,9H2,1-4H3,(H,17,20). The van der Waals surface area contributed by atoms with E-state index < -0.39 is 6.04 Å². The molecule has 1 N–H and O–H groups in total. The number of hydrogen-bond donors (Lipinski definition) is 1. The number of halogens is 1. The largest absolute Gasteiger partial charge is 0.365 e. The molecule has 0 aliphatic heterocycles. The molecule has 1 rings (SSSR count). The van der Waals surface area contributed by atoms with Crippen LogP contribution in [0.25, 0.3) is 0 Å². The molecule has 1 aromatic carbocycles. The van der Waals surface area contributed by atoms with Crippen LogP contribution >= 0.6 is 0 Å². The summed E-state index contributed by atoms with van der Waals surface area (Å²) < 4.78 is 13.1. The maximum absolute atomic E-state index is 13.1. The van der Waals surface area contributed by atoms with Crippen molar-refractivity contribution in [3.8, 4) is 0 Å². The molecule has 110 valence electrons. The van der Waals surface area contributed by atoms with E-state index in [9.17, 15) is 14.0 Å². The first-order valence-corrected chi connectivity index (χ1v) is 6.57. The van der Waals surface area contributed by atoms with Crippen molar-refractivity contribution in [1.29, 1.82) is 0 Å². The van der Waals surface area contributed by atoms with E-state index in [2.05, 4.69) is 5.32 Å². The lowest BCUT2D eigenvalue weighted by Crippen LogP contribution is -2.46. The van der Waals surface area contributed by atoms with Crippen molar-refractivity contribution in [2.75, 3.05) is 18.5 Å². The molecule has 0 aromatic heterocycles. The lowest BCUT2D eigenvalue weighted by atomic mass is 10.0. The Labute approximate surface area is 119 Å². The van der Waals surface area contributed by atoms with Crippen LogP contribution < -0.4 is 10.2 Å². The molecule has 0 aliphatic carbocycles. The van der Waals surface area contributed by atoms with E-state index in [1.54, 1.807) is 24.1 Å². The van der Waals surface area contributed by atoms with Gasteiger partial charge in [-0.15, -0.1) is 0 Å². The molecule has 0 aliphatic rings. The Kier molecular flexibility index (Phi) is 5.67. The number of ketones is 1. The number of benzene rings is 1. The molecule has 20 heavy (non-hydrogen) atoms. The van der Waals surface area contributed by atoms with Gasteiger partial charge in [0.25, 0.3) is 0 Å². The highest BCUT2D eigenvalue weighted by Crippen LogP contribution is 2.13. The van der Waals surface area contributed by atoms with Crippen molar-refractivity contribution < 1.29 is 14.0 Å². The fourth-order valence-electron chi connectivity index (χ4n) is 1.98. The second-order valence-electron chi connectivity index (χ2n) is 5.24. The van der Waals surface area contributed by atoms with E-state index in [-0.39, 0.29) is 30.0 Å². The Morgan fingerprint density at radius 2 is 2.00 bits per heavy atom. The van der Waals surface area contributed by atoms with Gasteiger partial charge in [-0.2, -0.15) is 0 Å². The number of carbonyl (C=O) groups is 2. The van der Waals surface area contributed by atoms with Crippen molar-refractivity contribution in [3.63, 3.8) is 0 Å². The van der Waals surface area contributed by atoms with Gasteiger partial charge in [0.2, 0.25) is 5.91 Å². The van der Waals surface area contributed by atoms with E-state index in [0.717, 1.165) is 0 Å². The summed E-state index contributed by atoms with van der Waals surface area (Å²) in [6.07, 6.45) is 0. The first-order chi connectivity index (χ1) is 9.31. The quantitative estimate of drug-likeness (QED) is 0.867. The zero-order chi connectivity index (χ0) is 15.3. The molecule has 1 atom stereocenters. The number of carbonyl (C=O) groups excluding carboxylic acids is 2. The number of nitrogens with one attached hydrogen (secondary N) is 1. The first-order valence-electron chi connectivity index (χ1n) is 6.57. The van der Waals surface area contributed by atoms with Gasteiger partial charge in [-0.1, -0.05) is 19.9 Å². The van der Waals surface area contributed by atoms with Crippen LogP contribution in [-0.2, 0) is 9.59 Å². The summed E-state index contributed by atoms with van der Waals surface area (Å²) in [6, 6.07) is 5.54. The number of rotatable bonds is 6. The topological polar surface area (TPSA) is 49.4 Å². The van der Waals surface area contributed by atoms with Crippen LogP contribution in [0.2, 0.25) is 0 Å². The van der Waals surface area contributed by atoms with Gasteiger partial charge in [0, 0.05) is 12.7 Å². The Morgan fingerprint density at radius 3 is 2.50 bits per heavy atom. The number of anilines is 1. The van der Waals surface area contributed by atoms with Gasteiger partial charge in [0.1, 0.15) is 5.82 Å². The van der Waals surface area contributed by atoms with Crippen LogP contribution in [0.15, 0.2) is 24.3 Å². The van der Waals surface area contributed by atoms with Crippen molar-refractivity contribution in [2.45, 2.75) is 26.8 Å². The molecule has 0 spiro atoms. The average molecular weight is 280 g/mol. The molecule has 0 saturated heterocycles. The van der Waals surface area contributed by atoms with Crippen molar-refractivity contribution in [2.24, 2.45) is 5.92 Å². The third kappa shape index (κ3) is 4.64. The lowest BCUT2D eigenvalue weighted by molar-refractivity contribution is -0.127. The third-order valence-corrected chi connectivity index (χ3v) is 3.05. The SMILES string of the molecule is CC(=O)C(NC(=O)CN(C)c1cccc(F)c1)C(C)C. The van der Waals surface area contributed by atoms with Crippen LogP contribution in [0.3, 0.4) is 0 Å². The minimum absolute atomic E-state index is 0.0379. The van der Waals surface area contributed by atoms with Gasteiger partial charge in [-0.25, -0.2) is 4.39 Å². The molecule has 0 fully saturated rings. The molecule has 0 heterocycles. The number of likely N-dealkylation sites (N-methyl/N-ethyl adjacent to an activating group) is 1. The fraction of sp³-hybridized carbons (Fsp3) is 0.467. The van der Waals surface area contributed by atoms with E-state index in [1.807, 2.05) is 13.8 Å². The van der Waals surface area contributed by atoms with Gasteiger partial charge >= 0.3 is 0 Å². The molecular formula is C15H21FN2O2. The zero-order valence-electron chi connectivity index (χ0n) is 12.3. The maximum atomic E-state index is 13.1. The molecule has 1 unspecified atom stereocenters. The predicted molar refractivity (Wildman–Crippen MR) is 77.1 cm³/mol. The van der Waals surface area contributed by atoms with Crippen LogP contribution in [0.5, 0.6) is 0 Å². The smallest absolute Gasteiger partial charge is 0.240 e. The third-order valence-electron chi connectivity index (χ3n) is 3.05. The summed E-state index contributed by atoms with van der Waals surface area (Å²) in [7, 11) is 1.70. The van der Waals surface area contributed by atoms with Gasteiger partial charge in [0.15, 0.2) is 5.78 Å². The van der Waals surface area contributed by atoms with Crippen molar-refractivity contribution >= 4 is 17.4 Å². The highest BCUT2D eigenvalue weighted by Gasteiger charge is 2.21. The van der Waals surface area contributed by atoms with Gasteiger partial charge in [0.05, 0.1) is 12.6 Å². The van der Waals surface area contributed by atoms with E-state index in [1.165, 1.54) is 19.1 Å². The number of nitrogens with zero attached hydrogens (tertiary/aromatic N) is 1. The first kappa shape index (κ1) is 16.1. The monoisotopic (exact) mass is 280 g/mol. The van der Waals surface area contributed by atoms with E-state index in [4.69, 9.17) is 0 Å². The van der Waals surface area contributed by atoms with Crippen LogP contribution in [0, 0.1) is 11.7 Å². The molecule has 4 nitrogen and oxygen atoms in total. The highest BCUT2D eigenvalue weighted by molar-refractivity contribution is 5.89.